The normalized spacial score (nSPS) is 21.0. The number of nitrogen functional groups attached to an aromatic ring is 1. The molecule has 3 fully saturated rings. The van der Waals surface area contributed by atoms with Crippen molar-refractivity contribution in [2.24, 2.45) is 0 Å². The molecule has 35 heteroatoms. The Morgan fingerprint density at radius 2 is 1.25 bits per heavy atom. The summed E-state index contributed by atoms with van der Waals surface area (Å²) in [6.07, 6.45) is 5.93. The monoisotopic (exact) mass is 1240 g/mol. The van der Waals surface area contributed by atoms with Crippen LogP contribution in [-0.2, 0) is 74.4 Å². The number of unbranched alkanes of at least 4 members (excludes halogenated alkanes) is 5. The number of amides is 5. The average molecular weight is 1240 g/mol. The van der Waals surface area contributed by atoms with Crippen LogP contribution in [0.3, 0.4) is 0 Å². The molecule has 0 aliphatic carbocycles. The van der Waals surface area contributed by atoms with Crippen molar-refractivity contribution < 1.29 is 104 Å². The summed E-state index contributed by atoms with van der Waals surface area (Å²) in [5.74, 6) is 6.20. The standard InChI is InChI=1S/C46H79N8O23P3S/c47-44-34(31-54(46(60)53-44)42-30-36(55)37(75-42)32-74-79(64,65)77-80(66,67)76-78(61,62)63)10-9-18-68-20-22-70-24-26-72-28-29-73-27-25-71-23-21-69-19-17-50-41(58)13-4-2-8-15-48-39(56)12-3-1-7-16-49-40(57)14-6-5-11-38-43-35(33-81-38)51-45(59)52-43/h31,35-38,42-43,55H,1-8,11-30,32-33H2,(H,48,56)(H,49,57)(H,50,58)(H,64,65)(H,66,67)(H2,47,53,60)(H2,51,52,59)(H2,61,62,63). The quantitative estimate of drug-likeness (QED) is 0.0183. The molecule has 8 atom stereocenters. The molecule has 8 unspecified atom stereocenters. The lowest BCUT2D eigenvalue weighted by Crippen LogP contribution is -2.36. The minimum atomic E-state index is -5.76. The fourth-order valence-corrected chi connectivity index (χ4v) is 12.7. The number of rotatable bonds is 44. The number of ether oxygens (including phenoxy) is 7. The maximum Gasteiger partial charge on any atom is 0.490 e. The predicted molar refractivity (Wildman–Crippen MR) is 289 cm³/mol. The molecule has 0 aromatic carbocycles. The zero-order chi connectivity index (χ0) is 58.9. The van der Waals surface area contributed by atoms with E-state index in [1.54, 1.807) is 0 Å². The van der Waals surface area contributed by atoms with E-state index < -0.39 is 54.2 Å². The van der Waals surface area contributed by atoms with E-state index in [9.17, 15) is 52.6 Å². The Kier molecular flexibility index (Phi) is 33.1. The molecule has 31 nitrogen and oxygen atoms in total. The van der Waals surface area contributed by atoms with Gasteiger partial charge in [-0.25, -0.2) is 23.3 Å². The lowest BCUT2D eigenvalue weighted by atomic mass is 10.0. The van der Waals surface area contributed by atoms with E-state index in [0.29, 0.717) is 104 Å². The Morgan fingerprint density at radius 3 is 1.81 bits per heavy atom. The number of anilines is 1. The van der Waals surface area contributed by atoms with E-state index in [4.69, 9.17) is 48.7 Å². The summed E-state index contributed by atoms with van der Waals surface area (Å²) in [4.78, 5) is 101. The van der Waals surface area contributed by atoms with E-state index >= 15 is 0 Å². The number of hydrogen-bond donors (Lipinski definition) is 11. The van der Waals surface area contributed by atoms with Crippen molar-refractivity contribution in [2.75, 3.05) is 117 Å². The van der Waals surface area contributed by atoms with Crippen LogP contribution < -0.4 is 38.0 Å². The van der Waals surface area contributed by atoms with Crippen LogP contribution in [-0.4, -0.2) is 199 Å². The van der Waals surface area contributed by atoms with Gasteiger partial charge >= 0.3 is 35.2 Å². The van der Waals surface area contributed by atoms with Crippen molar-refractivity contribution in [1.82, 2.24) is 36.1 Å². The van der Waals surface area contributed by atoms with Crippen LogP contribution in [0.25, 0.3) is 0 Å². The highest BCUT2D eigenvalue weighted by Crippen LogP contribution is 2.66. The smallest absolute Gasteiger partial charge is 0.390 e. The van der Waals surface area contributed by atoms with Gasteiger partial charge in [0.2, 0.25) is 17.7 Å². The SMILES string of the molecule is Nc1nc(=O)n(C2CC(O)C(COP(=O)(O)OP(=O)(O)OP(=O)(O)O)O2)cc1C#CCOCCOCCOCCOCCOCCOCCNC(=O)CCCCCNC(=O)CCCCCNC(=O)CCCCC1SCC2NC(=O)NC21. The highest BCUT2D eigenvalue weighted by Gasteiger charge is 2.44. The number of thioether (sulfide) groups is 1. The maximum atomic E-state index is 12.6. The minimum absolute atomic E-state index is 0.0149. The third-order valence-electron chi connectivity index (χ3n) is 12.0. The van der Waals surface area contributed by atoms with E-state index in [1.807, 2.05) is 11.8 Å². The second kappa shape index (κ2) is 38.3. The van der Waals surface area contributed by atoms with Gasteiger partial charge in [-0.2, -0.15) is 25.4 Å². The van der Waals surface area contributed by atoms with Gasteiger partial charge in [0.25, 0.3) is 0 Å². The topological polar surface area (TPSA) is 434 Å². The number of aliphatic hydroxyl groups excluding tert-OH is 1. The summed E-state index contributed by atoms with van der Waals surface area (Å²) < 4.78 is 85.5. The number of nitrogens with one attached hydrogen (secondary N) is 5. The molecule has 1 aromatic rings. The van der Waals surface area contributed by atoms with Crippen LogP contribution in [0.5, 0.6) is 0 Å². The molecule has 462 valence electrons. The van der Waals surface area contributed by atoms with Gasteiger partial charge in [0.05, 0.1) is 103 Å². The van der Waals surface area contributed by atoms with Crippen molar-refractivity contribution in [1.29, 1.82) is 0 Å². The second-order valence-electron chi connectivity index (χ2n) is 18.5. The molecular weight excluding hydrogens is 1160 g/mol. The van der Waals surface area contributed by atoms with Crippen molar-refractivity contribution in [3.05, 3.63) is 22.2 Å². The zero-order valence-corrected chi connectivity index (χ0v) is 48.6. The number of fused-ring (bicyclic) bond motifs is 1. The summed E-state index contributed by atoms with van der Waals surface area (Å²) in [6, 6.07) is 0.339. The molecule has 0 saturated carbocycles. The summed E-state index contributed by atoms with van der Waals surface area (Å²) >= 11 is 1.89. The van der Waals surface area contributed by atoms with Crippen LogP contribution >= 0.6 is 35.2 Å². The third-order valence-corrected chi connectivity index (χ3v) is 17.3. The number of hydrogen-bond acceptors (Lipinski definition) is 22. The number of carbonyl (C=O) groups is 4. The number of nitrogens with two attached hydrogens (primary N) is 1. The Morgan fingerprint density at radius 1 is 0.716 bits per heavy atom. The number of aliphatic hydroxyl groups is 1. The number of urea groups is 1. The van der Waals surface area contributed by atoms with E-state index in [1.165, 1.54) is 6.20 Å². The molecule has 3 saturated heterocycles. The van der Waals surface area contributed by atoms with Crippen molar-refractivity contribution in [3.63, 3.8) is 0 Å². The van der Waals surface area contributed by atoms with Crippen molar-refractivity contribution in [2.45, 2.75) is 119 Å². The van der Waals surface area contributed by atoms with Gasteiger partial charge in [-0.15, -0.1) is 0 Å². The lowest BCUT2D eigenvalue weighted by molar-refractivity contribution is -0.122. The molecule has 5 amide bonds. The predicted octanol–water partition coefficient (Wildman–Crippen LogP) is 0.464. The van der Waals surface area contributed by atoms with Crippen LogP contribution in [0.2, 0.25) is 0 Å². The first-order valence-corrected chi connectivity index (χ1v) is 32.2. The first-order valence-electron chi connectivity index (χ1n) is 26.6. The molecule has 3 aliphatic rings. The molecule has 0 radical (unpaired) electrons. The molecule has 4 rings (SSSR count). The first kappa shape index (κ1) is 69.9. The average Bonchev–Trinajstić information content (AvgIpc) is 4.10. The molecule has 81 heavy (non-hydrogen) atoms. The highest BCUT2D eigenvalue weighted by atomic mass is 32.2. The van der Waals surface area contributed by atoms with Crippen LogP contribution in [0, 0.1) is 11.8 Å². The van der Waals surface area contributed by atoms with Gasteiger partial charge in [0, 0.05) is 62.5 Å². The summed E-state index contributed by atoms with van der Waals surface area (Å²) in [6.45, 7) is 4.31. The van der Waals surface area contributed by atoms with Gasteiger partial charge < -0.3 is 90.2 Å². The van der Waals surface area contributed by atoms with Gasteiger partial charge in [0.15, 0.2) is 0 Å². The molecule has 1 aromatic heterocycles. The third kappa shape index (κ3) is 30.7. The molecule has 0 bridgehead atoms. The van der Waals surface area contributed by atoms with Crippen molar-refractivity contribution in [3.8, 4) is 11.8 Å². The Bertz CT molecular complexity index is 2370. The summed E-state index contributed by atoms with van der Waals surface area (Å²) in [7, 11) is -16.8. The Labute approximate surface area is 473 Å². The minimum Gasteiger partial charge on any atom is -0.390 e. The number of nitrogens with zero attached hydrogens (tertiary/aromatic N) is 2. The van der Waals surface area contributed by atoms with E-state index in [-0.39, 0.29) is 73.5 Å². The first-order chi connectivity index (χ1) is 38.7. The number of phosphoric ester groups is 1. The molecular formula is C46H79N8O23P3S. The Balaban J connectivity index is 0.850. The fraction of sp³-hybridized carbons (Fsp3) is 0.783. The summed E-state index contributed by atoms with van der Waals surface area (Å²) in [5.41, 5.74) is 5.08. The second-order valence-corrected chi connectivity index (χ2v) is 24.2. The maximum absolute atomic E-state index is 12.6. The van der Waals surface area contributed by atoms with Gasteiger partial charge in [0.1, 0.15) is 24.8 Å². The van der Waals surface area contributed by atoms with E-state index in [2.05, 4.69) is 56.6 Å². The van der Waals surface area contributed by atoms with Crippen LogP contribution in [0.15, 0.2) is 11.0 Å². The van der Waals surface area contributed by atoms with Gasteiger partial charge in [-0.05, 0) is 38.5 Å². The van der Waals surface area contributed by atoms with Crippen LogP contribution in [0.1, 0.15) is 95.3 Å². The Hall–Kier alpha value is -3.64. The largest absolute Gasteiger partial charge is 0.490 e. The zero-order valence-electron chi connectivity index (χ0n) is 45.1. The number of aromatic nitrogens is 2. The van der Waals surface area contributed by atoms with Gasteiger partial charge in [-0.1, -0.05) is 31.1 Å². The molecule has 4 heterocycles. The number of phosphoric acid groups is 3. The summed E-state index contributed by atoms with van der Waals surface area (Å²) in [5, 5.41) is 25.5. The molecule has 0 spiro atoms. The number of carbonyl (C=O) groups excluding carboxylic acids is 4. The fourth-order valence-electron chi connectivity index (χ4n) is 8.08. The highest BCUT2D eigenvalue weighted by molar-refractivity contribution is 8.00. The van der Waals surface area contributed by atoms with Crippen LogP contribution in [0.4, 0.5) is 10.6 Å². The van der Waals surface area contributed by atoms with Crippen molar-refractivity contribution >= 4 is 64.8 Å². The van der Waals surface area contributed by atoms with Gasteiger partial charge in [-0.3, -0.25) is 23.5 Å². The molecule has 12 N–H and O–H groups in total. The molecule has 3 aliphatic heterocycles. The lowest BCUT2D eigenvalue weighted by Gasteiger charge is -2.19. The van der Waals surface area contributed by atoms with E-state index in [0.717, 1.165) is 68.1 Å².